The van der Waals surface area contributed by atoms with Gasteiger partial charge in [0.2, 0.25) is 5.91 Å². The van der Waals surface area contributed by atoms with Gasteiger partial charge in [0.25, 0.3) is 0 Å². The first-order valence-corrected chi connectivity index (χ1v) is 19.9. The van der Waals surface area contributed by atoms with Crippen molar-refractivity contribution in [1.29, 1.82) is 0 Å². The number of allylic oxidation sites excluding steroid dienone is 3. The molecule has 0 aliphatic heterocycles. The normalized spacial score (nSPS) is 38.8. The Morgan fingerprint density at radius 1 is 0.860 bits per heavy atom. The molecule has 9 unspecified atom stereocenters. The Morgan fingerprint density at radius 3 is 2.20 bits per heavy atom. The topological polar surface area (TPSA) is 67.4 Å². The van der Waals surface area contributed by atoms with Crippen molar-refractivity contribution < 1.29 is 14.3 Å². The van der Waals surface area contributed by atoms with Crippen LogP contribution in [0.4, 0.5) is 0 Å². The Morgan fingerprint density at radius 2 is 1.56 bits per heavy atom. The van der Waals surface area contributed by atoms with Crippen LogP contribution in [0.2, 0.25) is 0 Å². The zero-order valence-electron chi connectivity index (χ0n) is 33.2. The van der Waals surface area contributed by atoms with E-state index in [4.69, 9.17) is 4.74 Å². The average Bonchev–Trinajstić information content (AvgIpc) is 3.40. The standard InChI is InChI=1S/C45H68N2O3/c1-29(2)33-18-23-45(28-46-26-27-47-30(3)48)25-24-43(10)35(38(33)45)16-17-37-42(9)21-19-34(41(7,8)36(42)20-22-44(37,43)11)31-12-14-32(15-13-31)39(49)50-40(4,5)6/h12-15,19,33,35-38,46H,1,16-18,20-28H2,2-11H3,(H,47,48). The number of fused-ring (bicyclic) bond motifs is 7. The van der Waals surface area contributed by atoms with Crippen molar-refractivity contribution in [2.75, 3.05) is 19.6 Å². The first kappa shape index (κ1) is 37.4. The Bertz CT molecular complexity index is 1520. The molecule has 1 aromatic carbocycles. The molecular formula is C45H68N2O3. The molecule has 4 saturated carbocycles. The first-order valence-electron chi connectivity index (χ1n) is 19.9. The van der Waals surface area contributed by atoms with Crippen LogP contribution in [0.3, 0.4) is 0 Å². The van der Waals surface area contributed by atoms with E-state index in [9.17, 15) is 9.59 Å². The van der Waals surface area contributed by atoms with E-state index in [0.717, 1.165) is 25.4 Å². The van der Waals surface area contributed by atoms with Gasteiger partial charge in [-0.1, -0.05) is 65.0 Å². The Labute approximate surface area is 304 Å². The minimum Gasteiger partial charge on any atom is -0.456 e. The van der Waals surface area contributed by atoms with Crippen LogP contribution in [-0.4, -0.2) is 37.1 Å². The van der Waals surface area contributed by atoms with E-state index in [1.807, 2.05) is 32.9 Å². The van der Waals surface area contributed by atoms with Gasteiger partial charge >= 0.3 is 5.97 Å². The van der Waals surface area contributed by atoms with Gasteiger partial charge in [0.15, 0.2) is 0 Å². The number of nitrogens with one attached hydrogen (secondary N) is 2. The van der Waals surface area contributed by atoms with Crippen molar-refractivity contribution >= 4 is 17.4 Å². The number of carbonyl (C=O) groups excluding carboxylic acids is 2. The molecular weight excluding hydrogens is 617 g/mol. The van der Waals surface area contributed by atoms with Crippen LogP contribution in [0.25, 0.3) is 5.57 Å². The van der Waals surface area contributed by atoms with Crippen LogP contribution in [0.5, 0.6) is 0 Å². The molecule has 2 N–H and O–H groups in total. The quantitative estimate of drug-likeness (QED) is 0.163. The highest BCUT2D eigenvalue weighted by Crippen LogP contribution is 2.77. The second-order valence-corrected chi connectivity index (χ2v) is 19.8. The lowest BCUT2D eigenvalue weighted by Gasteiger charge is -2.72. The maximum atomic E-state index is 12.8. The third-order valence-electron chi connectivity index (χ3n) is 15.8. The lowest BCUT2D eigenvalue weighted by molar-refractivity contribution is -0.225. The average molecular weight is 685 g/mol. The number of hydrogen-bond acceptors (Lipinski definition) is 4. The fraction of sp³-hybridized carbons (Fsp3) is 0.733. The highest BCUT2D eigenvalue weighted by atomic mass is 16.6. The lowest BCUT2D eigenvalue weighted by atomic mass is 9.32. The molecule has 4 fully saturated rings. The van der Waals surface area contributed by atoms with E-state index in [1.165, 1.54) is 68.1 Å². The van der Waals surface area contributed by atoms with Gasteiger partial charge in [0.05, 0.1) is 5.56 Å². The van der Waals surface area contributed by atoms with Gasteiger partial charge < -0.3 is 15.4 Å². The molecule has 276 valence electrons. The van der Waals surface area contributed by atoms with Gasteiger partial charge in [-0.15, -0.1) is 0 Å². The van der Waals surface area contributed by atoms with Crippen LogP contribution in [0, 0.1) is 56.7 Å². The largest absolute Gasteiger partial charge is 0.456 e. The van der Waals surface area contributed by atoms with Crippen LogP contribution < -0.4 is 10.6 Å². The summed E-state index contributed by atoms with van der Waals surface area (Å²) in [4.78, 5) is 24.2. The Hall–Kier alpha value is -2.40. The van der Waals surface area contributed by atoms with E-state index in [0.29, 0.717) is 52.0 Å². The summed E-state index contributed by atoms with van der Waals surface area (Å²) in [5, 5.41) is 6.79. The summed E-state index contributed by atoms with van der Waals surface area (Å²) in [5.74, 6) is 3.14. The maximum absolute atomic E-state index is 12.8. The van der Waals surface area contributed by atoms with Gasteiger partial charge in [-0.25, -0.2) is 4.79 Å². The van der Waals surface area contributed by atoms with Gasteiger partial charge in [0, 0.05) is 26.6 Å². The molecule has 6 rings (SSSR count). The van der Waals surface area contributed by atoms with Crippen LogP contribution >= 0.6 is 0 Å². The monoisotopic (exact) mass is 685 g/mol. The third kappa shape index (κ3) is 6.03. The molecule has 5 aliphatic carbocycles. The van der Waals surface area contributed by atoms with E-state index in [-0.39, 0.29) is 22.7 Å². The molecule has 0 bridgehead atoms. The van der Waals surface area contributed by atoms with E-state index in [2.05, 4.69) is 77.0 Å². The van der Waals surface area contributed by atoms with Gasteiger partial charge in [-0.2, -0.15) is 0 Å². The summed E-state index contributed by atoms with van der Waals surface area (Å²) in [6.07, 6.45) is 14.2. The fourth-order valence-corrected chi connectivity index (χ4v) is 13.5. The SMILES string of the molecule is C=C(C)C1CCC2(CNCCNC(C)=O)CCC3(C)C(CCC4C5(C)CC=C(c6ccc(C(=O)OC(C)(C)C)cc6)C(C)(C)C5CCC43C)C12. The molecule has 5 aliphatic rings. The molecule has 5 heteroatoms. The highest BCUT2D eigenvalue weighted by Gasteiger charge is 2.70. The summed E-state index contributed by atoms with van der Waals surface area (Å²) in [7, 11) is 0. The summed E-state index contributed by atoms with van der Waals surface area (Å²) in [6.45, 7) is 30.0. The lowest BCUT2D eigenvalue weighted by Crippen LogP contribution is -2.65. The predicted molar refractivity (Wildman–Crippen MR) is 205 cm³/mol. The van der Waals surface area contributed by atoms with Crippen molar-refractivity contribution in [3.8, 4) is 0 Å². The zero-order chi connectivity index (χ0) is 36.5. The Balaban J connectivity index is 1.26. The van der Waals surface area contributed by atoms with Crippen molar-refractivity contribution in [3.63, 3.8) is 0 Å². The van der Waals surface area contributed by atoms with E-state index in [1.54, 1.807) is 6.92 Å². The van der Waals surface area contributed by atoms with Crippen molar-refractivity contribution in [2.24, 2.45) is 56.7 Å². The smallest absolute Gasteiger partial charge is 0.338 e. The molecule has 0 aromatic heterocycles. The number of rotatable bonds is 8. The van der Waals surface area contributed by atoms with Crippen molar-refractivity contribution in [3.05, 3.63) is 53.6 Å². The molecule has 9 atom stereocenters. The molecule has 0 spiro atoms. The molecule has 0 heterocycles. The molecule has 5 nitrogen and oxygen atoms in total. The maximum Gasteiger partial charge on any atom is 0.338 e. The molecule has 1 amide bonds. The summed E-state index contributed by atoms with van der Waals surface area (Å²) >= 11 is 0. The van der Waals surface area contributed by atoms with E-state index < -0.39 is 5.60 Å². The van der Waals surface area contributed by atoms with Crippen LogP contribution in [0.1, 0.15) is 143 Å². The van der Waals surface area contributed by atoms with Crippen molar-refractivity contribution in [2.45, 2.75) is 133 Å². The van der Waals surface area contributed by atoms with Crippen LogP contribution in [0.15, 0.2) is 42.5 Å². The minimum atomic E-state index is -0.503. The second-order valence-electron chi connectivity index (χ2n) is 19.8. The minimum absolute atomic E-state index is 0.0423. The predicted octanol–water partition coefficient (Wildman–Crippen LogP) is 10.0. The second kappa shape index (κ2) is 12.9. The summed E-state index contributed by atoms with van der Waals surface area (Å²) in [5.41, 5.74) is 5.46. The summed E-state index contributed by atoms with van der Waals surface area (Å²) < 4.78 is 5.65. The van der Waals surface area contributed by atoms with Crippen LogP contribution in [-0.2, 0) is 9.53 Å². The fourth-order valence-electron chi connectivity index (χ4n) is 13.5. The van der Waals surface area contributed by atoms with Gasteiger partial charge in [0.1, 0.15) is 5.60 Å². The van der Waals surface area contributed by atoms with Gasteiger partial charge in [-0.05, 0) is 165 Å². The molecule has 1 aromatic rings. The number of carbonyl (C=O) groups is 2. The third-order valence-corrected chi connectivity index (χ3v) is 15.8. The number of amides is 1. The Kier molecular flexibility index (Phi) is 9.65. The van der Waals surface area contributed by atoms with Crippen molar-refractivity contribution in [1.82, 2.24) is 10.6 Å². The highest BCUT2D eigenvalue weighted by molar-refractivity contribution is 5.90. The number of ether oxygens (including phenoxy) is 1. The summed E-state index contributed by atoms with van der Waals surface area (Å²) in [6, 6.07) is 8.21. The number of hydrogen-bond donors (Lipinski definition) is 2. The van der Waals surface area contributed by atoms with E-state index >= 15 is 0 Å². The zero-order valence-corrected chi connectivity index (χ0v) is 33.2. The molecule has 50 heavy (non-hydrogen) atoms. The number of benzene rings is 1. The molecule has 0 saturated heterocycles. The first-order chi connectivity index (χ1) is 23.3. The molecule has 0 radical (unpaired) electrons. The number of esters is 1. The van der Waals surface area contributed by atoms with Gasteiger partial charge in [-0.3, -0.25) is 4.79 Å².